The van der Waals surface area contributed by atoms with Crippen LogP contribution in [0.4, 0.5) is 11.4 Å². The fraction of sp³-hybridized carbons (Fsp3) is 0.435. The maximum Gasteiger partial charge on any atom is 0.259 e. The lowest BCUT2D eigenvalue weighted by atomic mass is 10.1. The topological polar surface area (TPSA) is 54.0 Å². The van der Waals surface area contributed by atoms with Gasteiger partial charge in [-0.05, 0) is 56.3 Å². The molecule has 6 nitrogen and oxygen atoms in total. The maximum absolute atomic E-state index is 12.8. The maximum atomic E-state index is 12.8. The van der Waals surface area contributed by atoms with Crippen LogP contribution < -0.4 is 15.0 Å². The van der Waals surface area contributed by atoms with Crippen molar-refractivity contribution in [2.45, 2.75) is 18.9 Å². The Morgan fingerprint density at radius 1 is 1.10 bits per heavy atom. The van der Waals surface area contributed by atoms with Crippen molar-refractivity contribution >= 4 is 17.3 Å². The van der Waals surface area contributed by atoms with Crippen molar-refractivity contribution in [3.8, 4) is 5.75 Å². The molecule has 2 aliphatic heterocycles. The number of nitrogens with one attached hydrogen (secondary N) is 1. The SMILES string of the molecule is CN1CCN(c2ccc(NC(=O)c3ccccc3OCC3CCCO3)cc2)CC1. The molecule has 154 valence electrons. The quantitative estimate of drug-likeness (QED) is 0.814. The summed E-state index contributed by atoms with van der Waals surface area (Å²) in [6, 6.07) is 15.4. The Morgan fingerprint density at radius 2 is 1.86 bits per heavy atom. The summed E-state index contributed by atoms with van der Waals surface area (Å²) in [6.07, 6.45) is 2.20. The van der Waals surface area contributed by atoms with Gasteiger partial charge in [-0.1, -0.05) is 12.1 Å². The number of hydrogen-bond donors (Lipinski definition) is 1. The second kappa shape index (κ2) is 9.29. The number of nitrogens with zero attached hydrogens (tertiary/aromatic N) is 2. The number of ether oxygens (including phenoxy) is 2. The minimum absolute atomic E-state index is 0.119. The zero-order valence-corrected chi connectivity index (χ0v) is 17.0. The zero-order chi connectivity index (χ0) is 20.1. The van der Waals surface area contributed by atoms with E-state index in [0.29, 0.717) is 17.9 Å². The second-order valence-electron chi connectivity index (χ2n) is 7.73. The molecule has 0 aromatic heterocycles. The molecular weight excluding hydrogens is 366 g/mol. The van der Waals surface area contributed by atoms with Crippen molar-refractivity contribution < 1.29 is 14.3 Å². The van der Waals surface area contributed by atoms with Crippen molar-refractivity contribution in [1.29, 1.82) is 0 Å². The minimum atomic E-state index is -0.166. The molecule has 4 rings (SSSR count). The fourth-order valence-corrected chi connectivity index (χ4v) is 3.76. The Hall–Kier alpha value is -2.57. The van der Waals surface area contributed by atoms with Crippen LogP contribution in [0, 0.1) is 0 Å². The smallest absolute Gasteiger partial charge is 0.259 e. The number of piperazine rings is 1. The van der Waals surface area contributed by atoms with Crippen LogP contribution in [0.5, 0.6) is 5.75 Å². The van der Waals surface area contributed by atoms with Crippen molar-refractivity contribution in [1.82, 2.24) is 4.90 Å². The third kappa shape index (κ3) is 5.08. The molecule has 1 amide bonds. The highest BCUT2D eigenvalue weighted by Crippen LogP contribution is 2.23. The molecule has 2 fully saturated rings. The monoisotopic (exact) mass is 395 g/mol. The van der Waals surface area contributed by atoms with Gasteiger partial charge in [0.1, 0.15) is 12.4 Å². The predicted octanol–water partition coefficient (Wildman–Crippen LogP) is 3.25. The van der Waals surface area contributed by atoms with Crippen LogP contribution in [0.2, 0.25) is 0 Å². The Bertz CT molecular complexity index is 810. The molecule has 0 saturated carbocycles. The molecule has 1 N–H and O–H groups in total. The number of amides is 1. The number of likely N-dealkylation sites (N-methyl/N-ethyl adjacent to an activating group) is 1. The van der Waals surface area contributed by atoms with E-state index < -0.39 is 0 Å². The van der Waals surface area contributed by atoms with Gasteiger partial charge in [0.05, 0.1) is 11.7 Å². The third-order valence-electron chi connectivity index (χ3n) is 5.57. The Labute approximate surface area is 172 Å². The number of hydrogen-bond acceptors (Lipinski definition) is 5. The number of carbonyl (C=O) groups is 1. The van der Waals surface area contributed by atoms with Crippen LogP contribution in [0.25, 0.3) is 0 Å². The van der Waals surface area contributed by atoms with Gasteiger partial charge in [0.15, 0.2) is 0 Å². The van der Waals surface area contributed by atoms with E-state index in [9.17, 15) is 4.79 Å². The lowest BCUT2D eigenvalue weighted by Gasteiger charge is -2.34. The van der Waals surface area contributed by atoms with Gasteiger partial charge in [-0.15, -0.1) is 0 Å². The van der Waals surface area contributed by atoms with E-state index in [1.807, 2.05) is 30.3 Å². The van der Waals surface area contributed by atoms with E-state index in [1.54, 1.807) is 6.07 Å². The van der Waals surface area contributed by atoms with Gasteiger partial charge in [0.2, 0.25) is 0 Å². The molecule has 0 spiro atoms. The van der Waals surface area contributed by atoms with E-state index in [4.69, 9.17) is 9.47 Å². The summed E-state index contributed by atoms with van der Waals surface area (Å²) in [5.74, 6) is 0.426. The highest BCUT2D eigenvalue weighted by Gasteiger charge is 2.19. The first-order valence-corrected chi connectivity index (χ1v) is 10.4. The molecule has 6 heteroatoms. The highest BCUT2D eigenvalue weighted by atomic mass is 16.5. The summed E-state index contributed by atoms with van der Waals surface area (Å²) in [5, 5.41) is 2.99. The summed E-state index contributed by atoms with van der Waals surface area (Å²) < 4.78 is 11.5. The van der Waals surface area contributed by atoms with Gasteiger partial charge in [0, 0.05) is 44.2 Å². The average Bonchev–Trinajstić information content (AvgIpc) is 3.27. The molecule has 0 radical (unpaired) electrons. The molecule has 2 aromatic rings. The number of benzene rings is 2. The summed E-state index contributed by atoms with van der Waals surface area (Å²) in [5.41, 5.74) is 2.51. The summed E-state index contributed by atoms with van der Waals surface area (Å²) in [7, 11) is 2.15. The molecule has 2 saturated heterocycles. The lowest BCUT2D eigenvalue weighted by molar-refractivity contribution is 0.0673. The molecule has 29 heavy (non-hydrogen) atoms. The van der Waals surface area contributed by atoms with Crippen LogP contribution >= 0.6 is 0 Å². The highest BCUT2D eigenvalue weighted by molar-refractivity contribution is 6.06. The van der Waals surface area contributed by atoms with Gasteiger partial charge in [0.25, 0.3) is 5.91 Å². The van der Waals surface area contributed by atoms with Gasteiger partial charge >= 0.3 is 0 Å². The molecule has 0 aliphatic carbocycles. The van der Waals surface area contributed by atoms with E-state index in [0.717, 1.165) is 51.3 Å². The van der Waals surface area contributed by atoms with Gasteiger partial charge < -0.3 is 24.6 Å². The lowest BCUT2D eigenvalue weighted by Crippen LogP contribution is -2.44. The minimum Gasteiger partial charge on any atom is -0.490 e. The standard InChI is InChI=1S/C23H29N3O3/c1-25-12-14-26(15-13-25)19-10-8-18(9-11-19)24-23(27)21-6-2-3-7-22(21)29-17-20-5-4-16-28-20/h2-3,6-11,20H,4-5,12-17H2,1H3,(H,24,27). The van der Waals surface area contributed by atoms with Crippen LogP contribution in [-0.4, -0.2) is 63.4 Å². The zero-order valence-electron chi connectivity index (χ0n) is 17.0. The average molecular weight is 396 g/mol. The Morgan fingerprint density at radius 3 is 2.59 bits per heavy atom. The Kier molecular flexibility index (Phi) is 6.32. The largest absolute Gasteiger partial charge is 0.490 e. The van der Waals surface area contributed by atoms with E-state index in [1.165, 1.54) is 5.69 Å². The second-order valence-corrected chi connectivity index (χ2v) is 7.73. The van der Waals surface area contributed by atoms with Crippen LogP contribution in [0.1, 0.15) is 23.2 Å². The first kappa shape index (κ1) is 19.7. The number of anilines is 2. The number of rotatable bonds is 6. The number of para-hydroxylation sites is 1. The first-order valence-electron chi connectivity index (χ1n) is 10.4. The molecule has 2 aliphatic rings. The van der Waals surface area contributed by atoms with Crippen molar-refractivity contribution in [2.24, 2.45) is 0 Å². The van der Waals surface area contributed by atoms with E-state index in [-0.39, 0.29) is 12.0 Å². The first-order chi connectivity index (χ1) is 14.2. The molecule has 1 unspecified atom stereocenters. The fourth-order valence-electron chi connectivity index (χ4n) is 3.76. The molecule has 2 aromatic carbocycles. The summed E-state index contributed by atoms with van der Waals surface area (Å²) in [4.78, 5) is 17.5. The molecule has 2 heterocycles. The van der Waals surface area contributed by atoms with Crippen molar-refractivity contribution in [3.05, 3.63) is 54.1 Å². The Balaban J connectivity index is 1.37. The van der Waals surface area contributed by atoms with Crippen molar-refractivity contribution in [3.63, 3.8) is 0 Å². The predicted molar refractivity (Wildman–Crippen MR) is 115 cm³/mol. The van der Waals surface area contributed by atoms with E-state index in [2.05, 4.69) is 34.3 Å². The van der Waals surface area contributed by atoms with Crippen LogP contribution in [0.15, 0.2) is 48.5 Å². The van der Waals surface area contributed by atoms with Crippen molar-refractivity contribution in [2.75, 3.05) is 56.7 Å². The normalized spacial score (nSPS) is 19.9. The summed E-state index contributed by atoms with van der Waals surface area (Å²) in [6.45, 7) is 5.46. The van der Waals surface area contributed by atoms with Gasteiger partial charge in [-0.25, -0.2) is 0 Å². The van der Waals surface area contributed by atoms with Gasteiger partial charge in [-0.2, -0.15) is 0 Å². The van der Waals surface area contributed by atoms with Gasteiger partial charge in [-0.3, -0.25) is 4.79 Å². The van der Waals surface area contributed by atoms with Crippen LogP contribution in [-0.2, 0) is 4.74 Å². The van der Waals surface area contributed by atoms with Crippen LogP contribution in [0.3, 0.4) is 0 Å². The summed E-state index contributed by atoms with van der Waals surface area (Å²) >= 11 is 0. The third-order valence-corrected chi connectivity index (χ3v) is 5.57. The molecular formula is C23H29N3O3. The number of carbonyl (C=O) groups excluding carboxylic acids is 1. The molecule has 0 bridgehead atoms. The van der Waals surface area contributed by atoms with E-state index >= 15 is 0 Å². The molecule has 1 atom stereocenters.